The lowest BCUT2D eigenvalue weighted by Gasteiger charge is -2.12. The fraction of sp³-hybridized carbons (Fsp3) is 0.444. The van der Waals surface area contributed by atoms with Gasteiger partial charge in [-0.15, -0.1) is 0 Å². The number of aryl methyl sites for hydroxylation is 1. The zero-order chi connectivity index (χ0) is 10.8. The molecule has 0 aliphatic carbocycles. The Bertz CT molecular complexity index is 387. The number of nitrogens with one attached hydrogen (secondary N) is 1. The van der Waals surface area contributed by atoms with Crippen LogP contribution in [0.15, 0.2) is 10.6 Å². The largest absolute Gasteiger partial charge is 0.338 e. The van der Waals surface area contributed by atoms with Gasteiger partial charge < -0.3 is 4.52 Å². The molecule has 1 aromatic heterocycles. The minimum absolute atomic E-state index is 0.260. The number of carbonyl (C=O) groups is 1. The van der Waals surface area contributed by atoms with Gasteiger partial charge in [-0.25, -0.2) is 0 Å². The summed E-state index contributed by atoms with van der Waals surface area (Å²) in [5.74, 6) is -0.146. The van der Waals surface area contributed by atoms with E-state index in [0.29, 0.717) is 5.69 Å². The summed E-state index contributed by atoms with van der Waals surface area (Å²) in [5.41, 5.74) is -0.393. The summed E-state index contributed by atoms with van der Waals surface area (Å²) in [6, 6.07) is 3.48. The molecule has 0 aliphatic heterocycles. The van der Waals surface area contributed by atoms with Crippen molar-refractivity contribution in [2.45, 2.75) is 20.8 Å². The highest BCUT2D eigenvalue weighted by molar-refractivity contribution is 5.95. The zero-order valence-electron chi connectivity index (χ0n) is 8.29. The van der Waals surface area contributed by atoms with Crippen molar-refractivity contribution in [2.75, 3.05) is 5.32 Å². The summed E-state index contributed by atoms with van der Waals surface area (Å²) < 4.78 is 4.78. The number of hydrogen-bond donors (Lipinski definition) is 1. The summed E-state index contributed by atoms with van der Waals surface area (Å²) in [4.78, 5) is 11.5. The lowest BCUT2D eigenvalue weighted by atomic mass is 9.95. The van der Waals surface area contributed by atoms with Crippen molar-refractivity contribution >= 4 is 11.8 Å². The van der Waals surface area contributed by atoms with Crippen LogP contribution in [0.1, 0.15) is 19.5 Å². The molecule has 0 atom stereocenters. The highest BCUT2D eigenvalue weighted by Crippen LogP contribution is 2.17. The van der Waals surface area contributed by atoms with Crippen LogP contribution in [0.3, 0.4) is 0 Å². The third kappa shape index (κ3) is 2.10. The molecule has 1 heterocycles. The molecule has 0 saturated heterocycles. The molecule has 74 valence electrons. The Labute approximate surface area is 81.7 Å². The maximum absolute atomic E-state index is 11.5. The molecule has 0 unspecified atom stereocenters. The maximum atomic E-state index is 11.5. The second kappa shape index (κ2) is 3.50. The average molecular weight is 193 g/mol. The molecular weight excluding hydrogens is 182 g/mol. The molecule has 1 N–H and O–H groups in total. The number of nitrogens with zero attached hydrogens (tertiary/aromatic N) is 2. The molecule has 1 rings (SSSR count). The van der Waals surface area contributed by atoms with E-state index in [1.54, 1.807) is 13.0 Å². The van der Waals surface area contributed by atoms with Crippen LogP contribution < -0.4 is 5.32 Å². The summed E-state index contributed by atoms with van der Waals surface area (Å²) in [7, 11) is 0. The molecule has 1 amide bonds. The van der Waals surface area contributed by atoms with Crippen molar-refractivity contribution in [3.63, 3.8) is 0 Å². The van der Waals surface area contributed by atoms with E-state index in [9.17, 15) is 4.79 Å². The van der Waals surface area contributed by atoms with Crippen LogP contribution in [-0.4, -0.2) is 11.1 Å². The highest BCUT2D eigenvalue weighted by Gasteiger charge is 2.28. The fourth-order valence-electron chi connectivity index (χ4n) is 0.741. The van der Waals surface area contributed by atoms with E-state index in [1.165, 1.54) is 13.8 Å². The Morgan fingerprint density at radius 2 is 2.36 bits per heavy atom. The highest BCUT2D eigenvalue weighted by atomic mass is 16.5. The van der Waals surface area contributed by atoms with E-state index in [2.05, 4.69) is 10.5 Å². The number of hydrogen-bond acceptors (Lipinski definition) is 4. The molecule has 5 heteroatoms. The molecule has 0 aromatic carbocycles. The van der Waals surface area contributed by atoms with Crippen LogP contribution in [0.4, 0.5) is 5.88 Å². The Balaban J connectivity index is 2.72. The first-order chi connectivity index (χ1) is 6.45. The molecule has 0 fully saturated rings. The summed E-state index contributed by atoms with van der Waals surface area (Å²) in [6.07, 6.45) is 0. The first-order valence-corrected chi connectivity index (χ1v) is 4.12. The zero-order valence-corrected chi connectivity index (χ0v) is 8.29. The number of carbonyl (C=O) groups excluding carboxylic acids is 1. The summed E-state index contributed by atoms with van der Waals surface area (Å²) in [6.45, 7) is 4.81. The minimum atomic E-state index is -1.07. The number of anilines is 1. The van der Waals surface area contributed by atoms with E-state index >= 15 is 0 Å². The Morgan fingerprint density at radius 3 is 2.79 bits per heavy atom. The number of nitriles is 1. The second-order valence-corrected chi connectivity index (χ2v) is 3.52. The van der Waals surface area contributed by atoms with E-state index in [1.807, 2.05) is 6.07 Å². The van der Waals surface area contributed by atoms with Gasteiger partial charge in [-0.3, -0.25) is 10.1 Å². The lowest BCUT2D eigenvalue weighted by molar-refractivity contribution is -0.121. The monoisotopic (exact) mass is 193 g/mol. The van der Waals surface area contributed by atoms with Gasteiger partial charge in [0.15, 0.2) is 0 Å². The van der Waals surface area contributed by atoms with E-state index in [0.717, 1.165) is 0 Å². The molecule has 0 bridgehead atoms. The molecule has 0 saturated carbocycles. The predicted octanol–water partition coefficient (Wildman–Crippen LogP) is 1.47. The third-order valence-electron chi connectivity index (χ3n) is 1.71. The van der Waals surface area contributed by atoms with Crippen LogP contribution in [0.5, 0.6) is 0 Å². The van der Waals surface area contributed by atoms with Gasteiger partial charge in [0.2, 0.25) is 11.8 Å². The van der Waals surface area contributed by atoms with E-state index in [4.69, 9.17) is 9.78 Å². The standard InChI is InChI=1S/C9H11N3O2/c1-6-4-7(14-12-6)11-8(13)9(2,3)5-10/h4H,1-3H3,(H,11,13). The normalized spacial score (nSPS) is 10.7. The first-order valence-electron chi connectivity index (χ1n) is 4.12. The van der Waals surface area contributed by atoms with Crippen molar-refractivity contribution in [3.8, 4) is 6.07 Å². The fourth-order valence-corrected chi connectivity index (χ4v) is 0.741. The molecule has 0 radical (unpaired) electrons. The molecule has 1 aromatic rings. The van der Waals surface area contributed by atoms with Gasteiger partial charge in [0.1, 0.15) is 5.41 Å². The maximum Gasteiger partial charge on any atom is 0.246 e. The second-order valence-electron chi connectivity index (χ2n) is 3.52. The Hall–Kier alpha value is -1.83. The smallest absolute Gasteiger partial charge is 0.246 e. The SMILES string of the molecule is Cc1cc(NC(=O)C(C)(C)C#N)on1. The quantitative estimate of drug-likeness (QED) is 0.771. The van der Waals surface area contributed by atoms with Crippen LogP contribution in [0, 0.1) is 23.7 Å². The van der Waals surface area contributed by atoms with Crippen molar-refractivity contribution in [2.24, 2.45) is 5.41 Å². The minimum Gasteiger partial charge on any atom is -0.338 e. The lowest BCUT2D eigenvalue weighted by Crippen LogP contribution is -2.28. The van der Waals surface area contributed by atoms with Crippen LogP contribution in [0.2, 0.25) is 0 Å². The van der Waals surface area contributed by atoms with E-state index in [-0.39, 0.29) is 5.88 Å². The van der Waals surface area contributed by atoms with Crippen LogP contribution in [0.25, 0.3) is 0 Å². The first kappa shape index (κ1) is 10.3. The van der Waals surface area contributed by atoms with Crippen molar-refractivity contribution < 1.29 is 9.32 Å². The van der Waals surface area contributed by atoms with Gasteiger partial charge in [-0.2, -0.15) is 5.26 Å². The topological polar surface area (TPSA) is 78.9 Å². The number of rotatable bonds is 2. The van der Waals surface area contributed by atoms with E-state index < -0.39 is 11.3 Å². The number of aromatic nitrogens is 1. The summed E-state index contributed by atoms with van der Waals surface area (Å²) in [5, 5.41) is 14.8. The average Bonchev–Trinajstić information content (AvgIpc) is 2.51. The summed E-state index contributed by atoms with van der Waals surface area (Å²) >= 11 is 0. The van der Waals surface area contributed by atoms with Gasteiger partial charge in [0.05, 0.1) is 11.8 Å². The molecular formula is C9H11N3O2. The van der Waals surface area contributed by atoms with Gasteiger partial charge in [-0.1, -0.05) is 5.16 Å². The predicted molar refractivity (Wildman–Crippen MR) is 49.3 cm³/mol. The van der Waals surface area contributed by atoms with Crippen molar-refractivity contribution in [1.29, 1.82) is 5.26 Å². The molecule has 0 spiro atoms. The Kier molecular flexibility index (Phi) is 2.56. The Morgan fingerprint density at radius 1 is 1.71 bits per heavy atom. The molecule has 14 heavy (non-hydrogen) atoms. The van der Waals surface area contributed by atoms with Crippen molar-refractivity contribution in [3.05, 3.63) is 11.8 Å². The van der Waals surface area contributed by atoms with Crippen LogP contribution >= 0.6 is 0 Å². The van der Waals surface area contributed by atoms with Gasteiger partial charge in [0.25, 0.3) is 0 Å². The molecule has 5 nitrogen and oxygen atoms in total. The van der Waals surface area contributed by atoms with Crippen molar-refractivity contribution in [1.82, 2.24) is 5.16 Å². The third-order valence-corrected chi connectivity index (χ3v) is 1.71. The van der Waals surface area contributed by atoms with Crippen LogP contribution in [-0.2, 0) is 4.79 Å². The number of amides is 1. The molecule has 0 aliphatic rings. The van der Waals surface area contributed by atoms with Gasteiger partial charge in [-0.05, 0) is 20.8 Å². The van der Waals surface area contributed by atoms with Gasteiger partial charge in [0, 0.05) is 6.07 Å². The van der Waals surface area contributed by atoms with Gasteiger partial charge >= 0.3 is 0 Å².